The van der Waals surface area contributed by atoms with Crippen LogP contribution in [0.1, 0.15) is 20.8 Å². The second-order valence-corrected chi connectivity index (χ2v) is 2.98. The molecule has 4 nitrogen and oxygen atoms in total. The number of nitrogens with two attached hydrogens (primary N) is 1. The molecule has 0 fully saturated rings. The van der Waals surface area contributed by atoms with Crippen LogP contribution in [0, 0.1) is 0 Å². The average Bonchev–Trinajstić information content (AvgIpc) is 2.05. The lowest BCUT2D eigenvalue weighted by molar-refractivity contribution is 0.371. The van der Waals surface area contributed by atoms with Crippen LogP contribution in [0.4, 0.5) is 0 Å². The zero-order valence-corrected chi connectivity index (χ0v) is 11.1. The maximum Gasteiger partial charge on any atom is 0.256 e. The molecule has 0 aliphatic carbocycles. The summed E-state index contributed by atoms with van der Waals surface area (Å²) < 4.78 is 0. The van der Waals surface area contributed by atoms with Gasteiger partial charge in [-0.15, -0.1) is 6.58 Å². The molecule has 0 aliphatic heterocycles. The summed E-state index contributed by atoms with van der Waals surface area (Å²) >= 11 is 8.37. The highest BCUT2D eigenvalue weighted by Gasteiger charge is 1.98. The smallest absolute Gasteiger partial charge is 0.256 e. The van der Waals surface area contributed by atoms with Gasteiger partial charge in [0.25, 0.3) is 10.3 Å². The van der Waals surface area contributed by atoms with Crippen molar-refractivity contribution in [2.45, 2.75) is 20.8 Å². The van der Waals surface area contributed by atoms with Gasteiger partial charge in [0.05, 0.1) is 0 Å². The molecule has 0 atom stereocenters. The molecular weight excluding hydrogens is 232 g/mol. The Balaban J connectivity index is -0.000000173. The van der Waals surface area contributed by atoms with Gasteiger partial charge in [0.15, 0.2) is 0 Å². The molecule has 4 N–H and O–H groups in total. The molecule has 0 unspecified atom stereocenters. The third-order valence-corrected chi connectivity index (χ3v) is 1.29. The largest absolute Gasteiger partial charge is 0.487 e. The highest BCUT2D eigenvalue weighted by atomic mass is 32.1. The summed E-state index contributed by atoms with van der Waals surface area (Å²) in [5.41, 5.74) is 4.40. The van der Waals surface area contributed by atoms with Crippen LogP contribution in [0.5, 0.6) is 0 Å². The lowest BCUT2D eigenvalue weighted by Crippen LogP contribution is -2.28. The van der Waals surface area contributed by atoms with Crippen molar-refractivity contribution in [2.75, 3.05) is 13.1 Å². The summed E-state index contributed by atoms with van der Waals surface area (Å²) in [6.07, 6.45) is 1.75. The molecule has 6 heteroatoms. The number of aliphatic hydroxyl groups is 2. The quantitative estimate of drug-likeness (QED) is 0.517. The molecular formula is C9H20N2O2S2. The number of hydrogen-bond donors (Lipinski definition) is 3. The normalized spacial score (nSPS) is 7.13. The summed E-state index contributed by atoms with van der Waals surface area (Å²) in [4.78, 5) is 1.70. The lowest BCUT2D eigenvalue weighted by atomic mass is 10.6. The van der Waals surface area contributed by atoms with Crippen LogP contribution in [-0.2, 0) is 0 Å². The Morgan fingerprint density at radius 2 is 1.53 bits per heavy atom. The number of nitrogens with zero attached hydrogens (tertiary/aromatic N) is 1. The highest BCUT2D eigenvalue weighted by molar-refractivity contribution is 7.80. The van der Waals surface area contributed by atoms with Crippen molar-refractivity contribution in [1.29, 1.82) is 0 Å². The number of aliphatic hydroxyl groups excluding tert-OH is 2. The van der Waals surface area contributed by atoms with E-state index in [1.54, 1.807) is 11.0 Å². The Labute approximate surface area is 102 Å². The predicted octanol–water partition coefficient (Wildman–Crippen LogP) is 2.15. The molecule has 0 aromatic heterocycles. The monoisotopic (exact) mass is 252 g/mol. The number of allylic oxidation sites excluding steroid dienone is 1. The molecule has 0 aromatic carbocycles. The Kier molecular flexibility index (Phi) is 20.4. The van der Waals surface area contributed by atoms with E-state index in [2.05, 4.69) is 36.7 Å². The van der Waals surface area contributed by atoms with Crippen LogP contribution < -0.4 is 5.73 Å². The van der Waals surface area contributed by atoms with Crippen molar-refractivity contribution >= 4 is 34.8 Å². The second kappa shape index (κ2) is 15.6. The van der Waals surface area contributed by atoms with E-state index in [1.165, 1.54) is 0 Å². The summed E-state index contributed by atoms with van der Waals surface area (Å²) in [5.74, 6) is 0. The van der Waals surface area contributed by atoms with Crippen LogP contribution in [-0.4, -0.2) is 38.6 Å². The van der Waals surface area contributed by atoms with Gasteiger partial charge < -0.3 is 20.8 Å². The minimum absolute atomic E-state index is 0.00463. The van der Waals surface area contributed by atoms with E-state index in [0.29, 0.717) is 0 Å². The third-order valence-electron chi connectivity index (χ3n) is 1.03. The van der Waals surface area contributed by atoms with Gasteiger partial charge in [-0.2, -0.15) is 0 Å². The number of thiocarbonyl (C=S) groups is 2. The van der Waals surface area contributed by atoms with Gasteiger partial charge in [0.2, 0.25) is 0 Å². The maximum absolute atomic E-state index is 8.67. The summed E-state index contributed by atoms with van der Waals surface area (Å²) in [5, 5.41) is 15.7. The molecule has 15 heavy (non-hydrogen) atoms. The fourth-order valence-corrected chi connectivity index (χ4v) is 0.752. The van der Waals surface area contributed by atoms with Crippen LogP contribution in [0.2, 0.25) is 0 Å². The van der Waals surface area contributed by atoms with E-state index in [4.69, 9.17) is 10.2 Å². The SMILES string of the molecule is C=CC.CCN(CC)C(O)=S.NC(O)=S. The van der Waals surface area contributed by atoms with Gasteiger partial charge in [0.1, 0.15) is 0 Å². The van der Waals surface area contributed by atoms with Gasteiger partial charge in [-0.3, -0.25) is 0 Å². The highest BCUT2D eigenvalue weighted by Crippen LogP contribution is 1.85. The molecule has 0 aliphatic rings. The van der Waals surface area contributed by atoms with Crippen molar-refractivity contribution < 1.29 is 10.2 Å². The fraction of sp³-hybridized carbons (Fsp3) is 0.556. The third kappa shape index (κ3) is 32.0. The van der Waals surface area contributed by atoms with Crippen molar-refractivity contribution in [2.24, 2.45) is 5.73 Å². The van der Waals surface area contributed by atoms with Gasteiger partial charge in [0, 0.05) is 13.1 Å². The van der Waals surface area contributed by atoms with Crippen LogP contribution >= 0.6 is 24.4 Å². The molecule has 0 bridgehead atoms. The van der Waals surface area contributed by atoms with Gasteiger partial charge in [-0.1, -0.05) is 6.08 Å². The molecule has 0 heterocycles. The Bertz CT molecular complexity index is 179. The van der Waals surface area contributed by atoms with E-state index in [-0.39, 0.29) is 5.17 Å². The van der Waals surface area contributed by atoms with Gasteiger partial charge in [-0.25, -0.2) is 0 Å². The van der Waals surface area contributed by atoms with E-state index >= 15 is 0 Å². The number of rotatable bonds is 2. The van der Waals surface area contributed by atoms with Crippen molar-refractivity contribution in [3.8, 4) is 0 Å². The molecule has 0 rings (SSSR count). The molecule has 0 saturated heterocycles. The fourth-order valence-electron chi connectivity index (χ4n) is 0.494. The predicted molar refractivity (Wildman–Crippen MR) is 73.4 cm³/mol. The molecule has 0 amide bonds. The van der Waals surface area contributed by atoms with Crippen LogP contribution in [0.15, 0.2) is 12.7 Å². The first-order valence-electron chi connectivity index (χ1n) is 4.40. The molecule has 90 valence electrons. The average molecular weight is 252 g/mol. The number of hydrogen-bond acceptors (Lipinski definition) is 2. The van der Waals surface area contributed by atoms with E-state index < -0.39 is 5.17 Å². The van der Waals surface area contributed by atoms with Crippen LogP contribution in [0.25, 0.3) is 0 Å². The minimum Gasteiger partial charge on any atom is -0.487 e. The second-order valence-electron chi connectivity index (χ2n) is 2.20. The standard InChI is InChI=1S/C5H11NOS.C3H6.CH3NOS/c1-3-6(4-2)5(7)8;1-3-2;2-1(3)4/h3-4H2,1-2H3,(H,7,8);3H,1H2,2H3;(H3,2,3,4). The molecule has 0 spiro atoms. The van der Waals surface area contributed by atoms with Gasteiger partial charge in [-0.05, 0) is 45.2 Å². The minimum atomic E-state index is -0.500. The maximum atomic E-state index is 8.67. The summed E-state index contributed by atoms with van der Waals surface area (Å²) in [7, 11) is 0. The Morgan fingerprint density at radius 3 is 1.53 bits per heavy atom. The van der Waals surface area contributed by atoms with E-state index in [1.807, 2.05) is 20.8 Å². The van der Waals surface area contributed by atoms with Crippen molar-refractivity contribution in [3.63, 3.8) is 0 Å². The van der Waals surface area contributed by atoms with E-state index in [9.17, 15) is 0 Å². The summed E-state index contributed by atoms with van der Waals surface area (Å²) in [6.45, 7) is 10.7. The Morgan fingerprint density at radius 1 is 1.33 bits per heavy atom. The Hall–Kier alpha value is -0.880. The van der Waals surface area contributed by atoms with Crippen molar-refractivity contribution in [1.82, 2.24) is 4.90 Å². The molecule has 0 saturated carbocycles. The molecule has 0 aromatic rings. The van der Waals surface area contributed by atoms with Gasteiger partial charge >= 0.3 is 0 Å². The van der Waals surface area contributed by atoms with Crippen molar-refractivity contribution in [3.05, 3.63) is 12.7 Å². The first-order valence-corrected chi connectivity index (χ1v) is 5.22. The lowest BCUT2D eigenvalue weighted by Gasteiger charge is -2.15. The first-order chi connectivity index (χ1) is 6.87. The summed E-state index contributed by atoms with van der Waals surface area (Å²) in [6, 6.07) is 0. The van der Waals surface area contributed by atoms with E-state index in [0.717, 1.165) is 13.1 Å². The zero-order valence-electron chi connectivity index (χ0n) is 9.43. The zero-order chi connectivity index (χ0) is 12.9. The van der Waals surface area contributed by atoms with Crippen LogP contribution in [0.3, 0.4) is 0 Å². The first kappa shape index (κ1) is 19.7. The molecule has 0 radical (unpaired) electrons. The topological polar surface area (TPSA) is 69.7 Å².